The van der Waals surface area contributed by atoms with Crippen LogP contribution in [0.2, 0.25) is 0 Å². The fraction of sp³-hybridized carbons (Fsp3) is 0.194. The summed E-state index contributed by atoms with van der Waals surface area (Å²) in [5.41, 5.74) is -0.611. The van der Waals surface area contributed by atoms with Crippen LogP contribution in [0.3, 0.4) is 0 Å². The van der Waals surface area contributed by atoms with Gasteiger partial charge in [-0.05, 0) is 46.5 Å². The molecule has 214 valence electrons. The van der Waals surface area contributed by atoms with E-state index in [1.807, 2.05) is 0 Å². The van der Waals surface area contributed by atoms with Gasteiger partial charge in [-0.2, -0.15) is 17.6 Å². The van der Waals surface area contributed by atoms with E-state index in [0.29, 0.717) is 17.2 Å². The van der Waals surface area contributed by atoms with Crippen LogP contribution in [-0.4, -0.2) is 23.5 Å². The Kier molecular flexibility index (Phi) is 9.02. The van der Waals surface area contributed by atoms with Gasteiger partial charge >= 0.3 is 12.5 Å². The molecule has 4 aromatic rings. The Balaban J connectivity index is 1.85. The monoisotopic (exact) mass is 573 g/mol. The van der Waals surface area contributed by atoms with Crippen LogP contribution in [0.25, 0.3) is 0 Å². The first-order valence-corrected chi connectivity index (χ1v) is 12.5. The molecule has 0 saturated carbocycles. The Morgan fingerprint density at radius 3 is 2.02 bits per heavy atom. The van der Waals surface area contributed by atoms with Crippen molar-refractivity contribution in [1.29, 1.82) is 0 Å². The summed E-state index contributed by atoms with van der Waals surface area (Å²) in [6.45, 7) is 0. The molecule has 10 heteroatoms. The molecule has 0 aromatic heterocycles. The summed E-state index contributed by atoms with van der Waals surface area (Å²) in [4.78, 5) is 13.4. The molecule has 0 aliphatic carbocycles. The zero-order valence-electron chi connectivity index (χ0n) is 21.4. The number of ether oxygens (including phenoxy) is 1. The highest BCUT2D eigenvalue weighted by molar-refractivity contribution is 5.79. The fourth-order valence-electron chi connectivity index (χ4n) is 4.52. The zero-order valence-corrected chi connectivity index (χ0v) is 21.4. The SMILES string of the molecule is O=C(CC(O)c1ccccc1)N[C@](Cc1ccccc1)(c1ccc(F)cc1)c1cc(F)cc(OC(F)(F)C(F)F)c1. The van der Waals surface area contributed by atoms with Crippen molar-refractivity contribution >= 4 is 5.91 Å². The molecule has 0 fully saturated rings. The van der Waals surface area contributed by atoms with Crippen LogP contribution in [0, 0.1) is 11.6 Å². The van der Waals surface area contributed by atoms with Crippen molar-refractivity contribution in [3.05, 3.63) is 137 Å². The van der Waals surface area contributed by atoms with Crippen molar-refractivity contribution in [2.24, 2.45) is 0 Å². The van der Waals surface area contributed by atoms with Gasteiger partial charge in [-0.15, -0.1) is 0 Å². The van der Waals surface area contributed by atoms with Gasteiger partial charge in [-0.3, -0.25) is 4.79 Å². The van der Waals surface area contributed by atoms with Gasteiger partial charge in [0.1, 0.15) is 17.4 Å². The molecule has 2 atom stereocenters. The summed E-state index contributed by atoms with van der Waals surface area (Å²) < 4.78 is 86.4. The molecule has 4 aromatic carbocycles. The van der Waals surface area contributed by atoms with Crippen molar-refractivity contribution in [2.75, 3.05) is 0 Å². The number of amides is 1. The molecular formula is C31H25F6NO3. The van der Waals surface area contributed by atoms with Crippen LogP contribution < -0.4 is 10.1 Å². The molecule has 2 N–H and O–H groups in total. The summed E-state index contributed by atoms with van der Waals surface area (Å²) >= 11 is 0. The second-order valence-corrected chi connectivity index (χ2v) is 9.39. The van der Waals surface area contributed by atoms with Gasteiger partial charge in [0.2, 0.25) is 5.91 Å². The third kappa shape index (κ3) is 7.26. The average molecular weight is 574 g/mol. The van der Waals surface area contributed by atoms with Crippen LogP contribution >= 0.6 is 0 Å². The lowest BCUT2D eigenvalue weighted by Crippen LogP contribution is -2.49. The number of carbonyl (C=O) groups excluding carboxylic acids is 1. The van der Waals surface area contributed by atoms with E-state index in [2.05, 4.69) is 10.1 Å². The lowest BCUT2D eigenvalue weighted by Gasteiger charge is -2.37. The number of hydrogen-bond acceptors (Lipinski definition) is 3. The molecule has 0 bridgehead atoms. The van der Waals surface area contributed by atoms with E-state index < -0.39 is 53.9 Å². The Bertz CT molecular complexity index is 1450. The van der Waals surface area contributed by atoms with Crippen LogP contribution in [0.5, 0.6) is 5.75 Å². The normalized spacial score (nSPS) is 13.9. The summed E-state index contributed by atoms with van der Waals surface area (Å²) in [5.74, 6) is -3.36. The standard InChI is InChI=1S/C31H25F6NO3/c32-24-13-11-22(12-14-24)30(19-20-7-3-1-4-8-20,38-28(40)18-27(39)21-9-5-2-6-10-21)23-15-25(33)17-26(16-23)41-31(36,37)29(34)35/h1-17,27,29,39H,18-19H2,(H,38,40)/t27?,30-/m1/s1. The van der Waals surface area contributed by atoms with Gasteiger partial charge in [-0.25, -0.2) is 8.78 Å². The number of benzene rings is 4. The third-order valence-electron chi connectivity index (χ3n) is 6.44. The lowest BCUT2D eigenvalue weighted by atomic mass is 9.77. The van der Waals surface area contributed by atoms with Gasteiger partial charge in [0, 0.05) is 12.5 Å². The number of halogens is 6. The minimum Gasteiger partial charge on any atom is -0.428 e. The molecule has 1 amide bonds. The van der Waals surface area contributed by atoms with Crippen molar-refractivity contribution in [3.63, 3.8) is 0 Å². The van der Waals surface area contributed by atoms with Crippen molar-refractivity contribution in [1.82, 2.24) is 5.32 Å². The number of carbonyl (C=O) groups is 1. The van der Waals surface area contributed by atoms with E-state index >= 15 is 0 Å². The van der Waals surface area contributed by atoms with Crippen LogP contribution in [0.15, 0.2) is 103 Å². The smallest absolute Gasteiger partial charge is 0.428 e. The molecule has 0 aliphatic rings. The Morgan fingerprint density at radius 2 is 1.41 bits per heavy atom. The highest BCUT2D eigenvalue weighted by Gasteiger charge is 2.45. The second kappa shape index (κ2) is 12.5. The maximum Gasteiger partial charge on any atom is 0.461 e. The highest BCUT2D eigenvalue weighted by atomic mass is 19.3. The minimum atomic E-state index is -4.92. The third-order valence-corrected chi connectivity index (χ3v) is 6.44. The summed E-state index contributed by atoms with van der Waals surface area (Å²) in [5, 5.41) is 13.5. The van der Waals surface area contributed by atoms with Gasteiger partial charge < -0.3 is 15.2 Å². The minimum absolute atomic E-state index is 0.0965. The number of hydrogen-bond donors (Lipinski definition) is 2. The van der Waals surface area contributed by atoms with E-state index in [4.69, 9.17) is 0 Å². The molecule has 0 spiro atoms. The summed E-state index contributed by atoms with van der Waals surface area (Å²) in [6, 6.07) is 24.1. The molecule has 0 heterocycles. The molecule has 4 nitrogen and oxygen atoms in total. The first-order chi connectivity index (χ1) is 19.5. The number of rotatable bonds is 11. The second-order valence-electron chi connectivity index (χ2n) is 9.39. The molecule has 41 heavy (non-hydrogen) atoms. The molecule has 0 saturated heterocycles. The van der Waals surface area contributed by atoms with E-state index in [-0.39, 0.29) is 17.5 Å². The van der Waals surface area contributed by atoms with Gasteiger partial charge in [0.15, 0.2) is 0 Å². The van der Waals surface area contributed by atoms with Crippen molar-refractivity contribution in [3.8, 4) is 5.75 Å². The average Bonchev–Trinajstić information content (AvgIpc) is 2.93. The largest absolute Gasteiger partial charge is 0.461 e. The van der Waals surface area contributed by atoms with Crippen molar-refractivity contribution in [2.45, 2.75) is 37.0 Å². The lowest BCUT2D eigenvalue weighted by molar-refractivity contribution is -0.253. The quantitative estimate of drug-likeness (QED) is 0.192. The Morgan fingerprint density at radius 1 is 0.805 bits per heavy atom. The predicted molar refractivity (Wildman–Crippen MR) is 139 cm³/mol. The van der Waals surface area contributed by atoms with Gasteiger partial charge in [0.05, 0.1) is 18.1 Å². The first kappa shape index (κ1) is 29.7. The predicted octanol–water partition coefficient (Wildman–Crippen LogP) is 6.93. The highest BCUT2D eigenvalue weighted by Crippen LogP contribution is 2.38. The number of aliphatic hydroxyl groups is 1. The summed E-state index contributed by atoms with van der Waals surface area (Å²) in [7, 11) is 0. The molecule has 0 aliphatic heterocycles. The van der Waals surface area contributed by atoms with E-state index in [1.54, 1.807) is 60.7 Å². The van der Waals surface area contributed by atoms with E-state index in [1.165, 1.54) is 12.1 Å². The first-order valence-electron chi connectivity index (χ1n) is 12.5. The fourth-order valence-corrected chi connectivity index (χ4v) is 4.52. The number of aliphatic hydroxyl groups excluding tert-OH is 1. The number of alkyl halides is 4. The topological polar surface area (TPSA) is 58.6 Å². The zero-order chi connectivity index (χ0) is 29.6. The van der Waals surface area contributed by atoms with Crippen molar-refractivity contribution < 1.29 is 41.0 Å². The van der Waals surface area contributed by atoms with Gasteiger partial charge in [-0.1, -0.05) is 72.8 Å². The maximum absolute atomic E-state index is 14.9. The maximum atomic E-state index is 14.9. The van der Waals surface area contributed by atoms with E-state index in [0.717, 1.165) is 24.3 Å². The summed E-state index contributed by atoms with van der Waals surface area (Å²) in [6.07, 6.45) is -10.9. The van der Waals surface area contributed by atoms with E-state index in [9.17, 15) is 36.2 Å². The molecule has 1 unspecified atom stereocenters. The van der Waals surface area contributed by atoms with Crippen LogP contribution in [0.1, 0.15) is 34.8 Å². The molecule has 0 radical (unpaired) electrons. The molecular weight excluding hydrogens is 548 g/mol. The van der Waals surface area contributed by atoms with Gasteiger partial charge in [0.25, 0.3) is 0 Å². The van der Waals surface area contributed by atoms with Crippen LogP contribution in [-0.2, 0) is 16.8 Å². The number of nitrogens with one attached hydrogen (secondary N) is 1. The Hall–Kier alpha value is -4.31. The van der Waals surface area contributed by atoms with Crippen LogP contribution in [0.4, 0.5) is 26.3 Å². The molecule has 4 rings (SSSR count). The Labute approximate surface area is 232 Å².